The van der Waals surface area contributed by atoms with Gasteiger partial charge in [-0.25, -0.2) is 0 Å². The summed E-state index contributed by atoms with van der Waals surface area (Å²) in [6.45, 7) is 3.13. The molecule has 3 aromatic rings. The highest BCUT2D eigenvalue weighted by molar-refractivity contribution is 7.99. The van der Waals surface area contributed by atoms with E-state index >= 15 is 0 Å². The van der Waals surface area contributed by atoms with Crippen LogP contribution in [0.25, 0.3) is 11.4 Å². The average Bonchev–Trinajstić information content (AvgIpc) is 3.13. The molecule has 6 nitrogen and oxygen atoms in total. The van der Waals surface area contributed by atoms with E-state index in [0.29, 0.717) is 23.3 Å². The Morgan fingerprint density at radius 2 is 2.04 bits per heavy atom. The first-order valence-corrected chi connectivity index (χ1v) is 10.2. The molecule has 3 rings (SSSR count). The Labute approximate surface area is 173 Å². The van der Waals surface area contributed by atoms with E-state index in [-0.39, 0.29) is 11.7 Å². The summed E-state index contributed by atoms with van der Waals surface area (Å²) in [5.41, 5.74) is 1.83. The molecule has 0 aliphatic carbocycles. The minimum Gasteiger partial charge on any atom is -0.496 e. The number of benzene rings is 2. The number of carbonyl (C=O) groups is 1. The first kappa shape index (κ1) is 20.2. The van der Waals surface area contributed by atoms with Crippen LogP contribution in [-0.2, 0) is 17.9 Å². The molecule has 0 aliphatic heterocycles. The molecule has 0 fully saturated rings. The number of amides is 1. The second kappa shape index (κ2) is 9.61. The molecule has 0 saturated heterocycles. The number of rotatable bonds is 8. The molecule has 1 aromatic heterocycles. The fourth-order valence-corrected chi connectivity index (χ4v) is 3.77. The second-order valence-electron chi connectivity index (χ2n) is 5.94. The van der Waals surface area contributed by atoms with Gasteiger partial charge in [0.05, 0.1) is 12.9 Å². The number of ether oxygens (including phenoxy) is 1. The number of thioether (sulfide) groups is 1. The van der Waals surface area contributed by atoms with Crippen molar-refractivity contribution in [1.29, 1.82) is 0 Å². The molecule has 1 amide bonds. The summed E-state index contributed by atoms with van der Waals surface area (Å²) in [5.74, 6) is 1.67. The van der Waals surface area contributed by atoms with E-state index in [1.165, 1.54) is 11.8 Å². The first-order valence-electron chi connectivity index (χ1n) is 8.83. The van der Waals surface area contributed by atoms with Crippen LogP contribution >= 0.6 is 23.4 Å². The molecule has 0 unspecified atom stereocenters. The minimum atomic E-state index is -0.0779. The standard InChI is InChI=1S/C20H21ClN4O2S/c1-3-25-19(14-8-6-9-16(21)11-14)23-24-20(25)28-13-18(26)22-12-15-7-4-5-10-17(15)27-2/h4-11H,3,12-13H2,1-2H3,(H,22,26). The predicted octanol–water partition coefficient (Wildman–Crippen LogP) is 4.04. The van der Waals surface area contributed by atoms with Crippen LogP contribution < -0.4 is 10.1 Å². The van der Waals surface area contributed by atoms with Crippen LogP contribution in [0.5, 0.6) is 5.75 Å². The molecule has 0 spiro atoms. The molecule has 0 saturated carbocycles. The number of nitrogens with zero attached hydrogens (tertiary/aromatic N) is 3. The molecular formula is C20H21ClN4O2S. The number of nitrogens with one attached hydrogen (secondary N) is 1. The minimum absolute atomic E-state index is 0.0779. The zero-order valence-corrected chi connectivity index (χ0v) is 17.3. The van der Waals surface area contributed by atoms with Crippen LogP contribution in [0, 0.1) is 0 Å². The van der Waals surface area contributed by atoms with Crippen molar-refractivity contribution in [3.8, 4) is 17.1 Å². The van der Waals surface area contributed by atoms with E-state index in [1.807, 2.05) is 60.0 Å². The summed E-state index contributed by atoms with van der Waals surface area (Å²) in [6.07, 6.45) is 0. The zero-order chi connectivity index (χ0) is 19.9. The lowest BCUT2D eigenvalue weighted by Gasteiger charge is -2.10. The number of aromatic nitrogens is 3. The fourth-order valence-electron chi connectivity index (χ4n) is 2.75. The summed E-state index contributed by atoms with van der Waals surface area (Å²) < 4.78 is 7.28. The van der Waals surface area contributed by atoms with Gasteiger partial charge in [-0.2, -0.15) is 0 Å². The summed E-state index contributed by atoms with van der Waals surface area (Å²) in [5, 5.41) is 12.8. The van der Waals surface area contributed by atoms with Gasteiger partial charge < -0.3 is 14.6 Å². The van der Waals surface area contributed by atoms with Gasteiger partial charge in [0.25, 0.3) is 0 Å². The van der Waals surface area contributed by atoms with Crippen LogP contribution in [0.3, 0.4) is 0 Å². The van der Waals surface area contributed by atoms with Gasteiger partial charge in [-0.15, -0.1) is 10.2 Å². The Kier molecular flexibility index (Phi) is 6.95. The Morgan fingerprint density at radius 1 is 1.21 bits per heavy atom. The van der Waals surface area contributed by atoms with Crippen LogP contribution in [-0.4, -0.2) is 33.5 Å². The number of methoxy groups -OCH3 is 1. The van der Waals surface area contributed by atoms with Gasteiger partial charge in [-0.05, 0) is 25.1 Å². The lowest BCUT2D eigenvalue weighted by atomic mass is 10.2. The van der Waals surface area contributed by atoms with Gasteiger partial charge in [-0.3, -0.25) is 4.79 Å². The van der Waals surface area contributed by atoms with Crippen molar-refractivity contribution in [2.75, 3.05) is 12.9 Å². The monoisotopic (exact) mass is 416 g/mol. The first-order chi connectivity index (χ1) is 13.6. The Morgan fingerprint density at radius 3 is 2.79 bits per heavy atom. The topological polar surface area (TPSA) is 69.0 Å². The zero-order valence-electron chi connectivity index (χ0n) is 15.7. The van der Waals surface area contributed by atoms with Gasteiger partial charge in [0.1, 0.15) is 5.75 Å². The molecule has 0 bridgehead atoms. The molecule has 0 atom stereocenters. The normalized spacial score (nSPS) is 10.7. The summed E-state index contributed by atoms with van der Waals surface area (Å²) in [4.78, 5) is 12.3. The van der Waals surface area contributed by atoms with E-state index in [4.69, 9.17) is 16.3 Å². The molecule has 1 heterocycles. The van der Waals surface area contributed by atoms with Crippen molar-refractivity contribution in [1.82, 2.24) is 20.1 Å². The van der Waals surface area contributed by atoms with Crippen molar-refractivity contribution in [2.24, 2.45) is 0 Å². The smallest absolute Gasteiger partial charge is 0.230 e. The molecule has 1 N–H and O–H groups in total. The van der Waals surface area contributed by atoms with E-state index < -0.39 is 0 Å². The quantitative estimate of drug-likeness (QED) is 0.561. The van der Waals surface area contributed by atoms with Crippen LogP contribution in [0.4, 0.5) is 0 Å². The molecule has 2 aromatic carbocycles. The molecular weight excluding hydrogens is 396 g/mol. The maximum Gasteiger partial charge on any atom is 0.230 e. The molecule has 0 radical (unpaired) electrons. The third-order valence-electron chi connectivity index (χ3n) is 4.12. The number of para-hydroxylation sites is 1. The molecule has 146 valence electrons. The van der Waals surface area contributed by atoms with E-state index in [9.17, 15) is 4.79 Å². The number of halogens is 1. The predicted molar refractivity (Wildman–Crippen MR) is 112 cm³/mol. The van der Waals surface area contributed by atoms with Gasteiger partial charge in [0, 0.05) is 29.2 Å². The van der Waals surface area contributed by atoms with Crippen molar-refractivity contribution in [2.45, 2.75) is 25.2 Å². The largest absolute Gasteiger partial charge is 0.496 e. The Balaban J connectivity index is 1.62. The fraction of sp³-hybridized carbons (Fsp3) is 0.250. The maximum atomic E-state index is 12.3. The highest BCUT2D eigenvalue weighted by Crippen LogP contribution is 2.25. The van der Waals surface area contributed by atoms with Crippen molar-refractivity contribution >= 4 is 29.3 Å². The van der Waals surface area contributed by atoms with Crippen LogP contribution in [0.1, 0.15) is 12.5 Å². The lowest BCUT2D eigenvalue weighted by Crippen LogP contribution is -2.25. The van der Waals surface area contributed by atoms with Crippen LogP contribution in [0.15, 0.2) is 53.7 Å². The number of carbonyl (C=O) groups excluding carboxylic acids is 1. The Hall–Kier alpha value is -2.51. The van der Waals surface area contributed by atoms with Crippen molar-refractivity contribution in [3.63, 3.8) is 0 Å². The summed E-state index contributed by atoms with van der Waals surface area (Å²) in [6, 6.07) is 15.1. The second-order valence-corrected chi connectivity index (χ2v) is 7.32. The SMILES string of the molecule is CCn1c(SCC(=O)NCc2ccccc2OC)nnc1-c1cccc(Cl)c1. The third-order valence-corrected chi connectivity index (χ3v) is 5.32. The highest BCUT2D eigenvalue weighted by atomic mass is 35.5. The number of hydrogen-bond acceptors (Lipinski definition) is 5. The summed E-state index contributed by atoms with van der Waals surface area (Å²) >= 11 is 7.44. The van der Waals surface area contributed by atoms with Crippen LogP contribution in [0.2, 0.25) is 5.02 Å². The average molecular weight is 417 g/mol. The van der Waals surface area contributed by atoms with Gasteiger partial charge >= 0.3 is 0 Å². The summed E-state index contributed by atoms with van der Waals surface area (Å²) in [7, 11) is 1.62. The third kappa shape index (κ3) is 4.85. The van der Waals surface area contributed by atoms with Crippen molar-refractivity contribution in [3.05, 3.63) is 59.1 Å². The van der Waals surface area contributed by atoms with E-state index in [2.05, 4.69) is 15.5 Å². The van der Waals surface area contributed by atoms with Gasteiger partial charge in [0.2, 0.25) is 5.91 Å². The van der Waals surface area contributed by atoms with Crippen molar-refractivity contribution < 1.29 is 9.53 Å². The molecule has 0 aliphatic rings. The maximum absolute atomic E-state index is 12.3. The van der Waals surface area contributed by atoms with E-state index in [1.54, 1.807) is 7.11 Å². The van der Waals surface area contributed by atoms with Gasteiger partial charge in [-0.1, -0.05) is 53.7 Å². The lowest BCUT2D eigenvalue weighted by molar-refractivity contribution is -0.118. The highest BCUT2D eigenvalue weighted by Gasteiger charge is 2.15. The molecule has 8 heteroatoms. The molecule has 28 heavy (non-hydrogen) atoms. The van der Waals surface area contributed by atoms with E-state index in [0.717, 1.165) is 22.7 Å². The Bertz CT molecular complexity index is 961. The number of hydrogen-bond donors (Lipinski definition) is 1. The van der Waals surface area contributed by atoms with Gasteiger partial charge in [0.15, 0.2) is 11.0 Å².